The fraction of sp³-hybridized carbons (Fsp3) is 0.235. The molecule has 0 unspecified atom stereocenters. The van der Waals surface area contributed by atoms with Gasteiger partial charge in [-0.15, -0.1) is 0 Å². The van der Waals surface area contributed by atoms with Gasteiger partial charge in [-0.1, -0.05) is 35.0 Å². The molecule has 0 heterocycles. The first-order valence-corrected chi connectivity index (χ1v) is 7.29. The third-order valence-corrected chi connectivity index (χ3v) is 4.18. The molecule has 0 fully saturated rings. The van der Waals surface area contributed by atoms with Crippen LogP contribution in [0.3, 0.4) is 0 Å². The summed E-state index contributed by atoms with van der Waals surface area (Å²) in [5.41, 5.74) is 5.11. The quantitative estimate of drug-likeness (QED) is 0.654. The van der Waals surface area contributed by atoms with Crippen molar-refractivity contribution < 1.29 is 9.94 Å². The molecule has 0 aromatic heterocycles. The molecule has 21 heavy (non-hydrogen) atoms. The largest absolute Gasteiger partial charge is 0.495 e. The van der Waals surface area contributed by atoms with Crippen LogP contribution in [0.2, 0.25) is 5.02 Å². The van der Waals surface area contributed by atoms with Gasteiger partial charge >= 0.3 is 0 Å². The zero-order valence-corrected chi connectivity index (χ0v) is 12.5. The Balaban J connectivity index is 2.06. The van der Waals surface area contributed by atoms with Crippen LogP contribution in [-0.4, -0.2) is 18.0 Å². The van der Waals surface area contributed by atoms with E-state index in [1.807, 2.05) is 18.2 Å². The van der Waals surface area contributed by atoms with Gasteiger partial charge in [-0.05, 0) is 54.2 Å². The number of nitrogens with zero attached hydrogens (tertiary/aromatic N) is 1. The van der Waals surface area contributed by atoms with Crippen LogP contribution in [0.25, 0.3) is 11.1 Å². The van der Waals surface area contributed by atoms with Crippen LogP contribution in [0.5, 0.6) is 5.75 Å². The lowest BCUT2D eigenvalue weighted by molar-refractivity contribution is 0.317. The van der Waals surface area contributed by atoms with Gasteiger partial charge in [-0.25, -0.2) is 0 Å². The van der Waals surface area contributed by atoms with Gasteiger partial charge in [0.15, 0.2) is 0 Å². The van der Waals surface area contributed by atoms with Crippen LogP contribution in [0, 0.1) is 0 Å². The van der Waals surface area contributed by atoms with E-state index in [1.165, 1.54) is 5.56 Å². The molecule has 3 nitrogen and oxygen atoms in total. The lowest BCUT2D eigenvalue weighted by Gasteiger charge is -2.18. The Bertz CT molecular complexity index is 710. The van der Waals surface area contributed by atoms with Gasteiger partial charge in [0.1, 0.15) is 5.75 Å². The highest BCUT2D eigenvalue weighted by atomic mass is 35.5. The van der Waals surface area contributed by atoms with Gasteiger partial charge in [0.25, 0.3) is 0 Å². The number of oxime groups is 1. The van der Waals surface area contributed by atoms with Crippen molar-refractivity contribution >= 4 is 17.3 Å². The van der Waals surface area contributed by atoms with E-state index in [4.69, 9.17) is 21.5 Å². The fourth-order valence-electron chi connectivity index (χ4n) is 2.77. The molecule has 0 spiro atoms. The number of halogens is 1. The minimum absolute atomic E-state index is 0.587. The number of benzene rings is 2. The number of rotatable bonds is 2. The first kappa shape index (κ1) is 14.0. The molecule has 0 radical (unpaired) electrons. The zero-order chi connectivity index (χ0) is 14.8. The van der Waals surface area contributed by atoms with E-state index in [9.17, 15) is 0 Å². The van der Waals surface area contributed by atoms with Crippen LogP contribution in [-0.2, 0) is 6.42 Å². The topological polar surface area (TPSA) is 41.8 Å². The first-order valence-electron chi connectivity index (χ1n) is 6.91. The highest BCUT2D eigenvalue weighted by Crippen LogP contribution is 2.32. The Labute approximate surface area is 128 Å². The number of hydrogen-bond acceptors (Lipinski definition) is 3. The van der Waals surface area contributed by atoms with E-state index >= 15 is 0 Å². The Hall–Kier alpha value is -2.00. The van der Waals surface area contributed by atoms with E-state index in [2.05, 4.69) is 23.4 Å². The standard InChI is InChI=1S/C17H16ClNO2/c1-21-17-8-7-13(10-15(17)18)12-6-5-11-3-2-4-16(19-20)14(11)9-12/h5-10,20H,2-4H2,1H3/b19-16+. The van der Waals surface area contributed by atoms with Gasteiger partial charge < -0.3 is 9.94 Å². The molecule has 108 valence electrons. The normalized spacial score (nSPS) is 15.8. The minimum Gasteiger partial charge on any atom is -0.495 e. The summed E-state index contributed by atoms with van der Waals surface area (Å²) < 4.78 is 5.18. The van der Waals surface area contributed by atoms with E-state index in [0.717, 1.165) is 41.7 Å². The Morgan fingerprint density at radius 3 is 2.57 bits per heavy atom. The lowest BCUT2D eigenvalue weighted by Crippen LogP contribution is -2.11. The summed E-state index contributed by atoms with van der Waals surface area (Å²) in [6.45, 7) is 0. The second-order valence-electron chi connectivity index (χ2n) is 5.12. The maximum Gasteiger partial charge on any atom is 0.137 e. The molecule has 0 saturated carbocycles. The van der Waals surface area contributed by atoms with E-state index in [-0.39, 0.29) is 0 Å². The minimum atomic E-state index is 0.587. The highest BCUT2D eigenvalue weighted by Gasteiger charge is 2.17. The van der Waals surface area contributed by atoms with Gasteiger partial charge in [0.05, 0.1) is 17.8 Å². The maximum atomic E-state index is 9.16. The summed E-state index contributed by atoms with van der Waals surface area (Å²) in [5.74, 6) is 0.663. The molecule has 1 aliphatic rings. The predicted octanol–water partition coefficient (Wildman–Crippen LogP) is 4.53. The van der Waals surface area contributed by atoms with Gasteiger partial charge in [0.2, 0.25) is 0 Å². The number of hydrogen-bond donors (Lipinski definition) is 1. The molecule has 2 aromatic rings. The van der Waals surface area contributed by atoms with Crippen molar-refractivity contribution in [1.29, 1.82) is 0 Å². The maximum absolute atomic E-state index is 9.16. The van der Waals surface area contributed by atoms with Crippen molar-refractivity contribution in [2.24, 2.45) is 5.16 Å². The number of methoxy groups -OCH3 is 1. The highest BCUT2D eigenvalue weighted by molar-refractivity contribution is 6.32. The number of aryl methyl sites for hydroxylation is 1. The Morgan fingerprint density at radius 1 is 1.10 bits per heavy atom. The summed E-state index contributed by atoms with van der Waals surface area (Å²) in [6, 6.07) is 12.0. The van der Waals surface area contributed by atoms with Gasteiger partial charge in [-0.3, -0.25) is 0 Å². The van der Waals surface area contributed by atoms with Gasteiger partial charge in [0, 0.05) is 5.56 Å². The third-order valence-electron chi connectivity index (χ3n) is 3.89. The van der Waals surface area contributed by atoms with Crippen LogP contribution in [0.15, 0.2) is 41.6 Å². The summed E-state index contributed by atoms with van der Waals surface area (Å²) in [6.07, 6.45) is 2.87. The second-order valence-corrected chi connectivity index (χ2v) is 5.53. The Kier molecular flexibility index (Phi) is 3.84. The second kappa shape index (κ2) is 5.78. The van der Waals surface area contributed by atoms with Crippen molar-refractivity contribution in [2.45, 2.75) is 19.3 Å². The van der Waals surface area contributed by atoms with Crippen molar-refractivity contribution in [1.82, 2.24) is 0 Å². The summed E-state index contributed by atoms with van der Waals surface area (Å²) in [7, 11) is 1.60. The van der Waals surface area contributed by atoms with Crippen molar-refractivity contribution in [3.8, 4) is 16.9 Å². The summed E-state index contributed by atoms with van der Waals surface area (Å²) in [4.78, 5) is 0. The van der Waals surface area contributed by atoms with Gasteiger partial charge in [-0.2, -0.15) is 0 Å². The Morgan fingerprint density at radius 2 is 1.86 bits per heavy atom. The first-order chi connectivity index (χ1) is 10.2. The molecule has 0 saturated heterocycles. The molecule has 0 atom stereocenters. The summed E-state index contributed by atoms with van der Waals surface area (Å²) in [5, 5.41) is 13.2. The molecular formula is C17H16ClNO2. The zero-order valence-electron chi connectivity index (χ0n) is 11.8. The number of ether oxygens (including phenoxy) is 1. The molecule has 1 aliphatic carbocycles. The molecular weight excluding hydrogens is 286 g/mol. The SMILES string of the molecule is COc1ccc(-c2ccc3c(c2)/C(=N/O)CCC3)cc1Cl. The van der Waals surface area contributed by atoms with Crippen LogP contribution in [0.4, 0.5) is 0 Å². The van der Waals surface area contributed by atoms with Crippen molar-refractivity contribution in [2.75, 3.05) is 7.11 Å². The molecule has 2 aromatic carbocycles. The molecule has 1 N–H and O–H groups in total. The molecule has 0 amide bonds. The lowest BCUT2D eigenvalue weighted by atomic mass is 9.87. The molecule has 4 heteroatoms. The van der Waals surface area contributed by atoms with Crippen LogP contribution >= 0.6 is 11.6 Å². The molecule has 0 bridgehead atoms. The summed E-state index contributed by atoms with van der Waals surface area (Å²) >= 11 is 6.19. The van der Waals surface area contributed by atoms with Crippen molar-refractivity contribution in [3.63, 3.8) is 0 Å². The average molecular weight is 302 g/mol. The number of fused-ring (bicyclic) bond motifs is 1. The predicted molar refractivity (Wildman–Crippen MR) is 84.7 cm³/mol. The van der Waals surface area contributed by atoms with Crippen LogP contribution < -0.4 is 4.74 Å². The smallest absolute Gasteiger partial charge is 0.137 e. The molecule has 0 aliphatic heterocycles. The van der Waals surface area contributed by atoms with E-state index < -0.39 is 0 Å². The van der Waals surface area contributed by atoms with E-state index in [1.54, 1.807) is 7.11 Å². The van der Waals surface area contributed by atoms with Crippen LogP contribution in [0.1, 0.15) is 24.0 Å². The van der Waals surface area contributed by atoms with E-state index in [0.29, 0.717) is 10.8 Å². The third kappa shape index (κ3) is 2.61. The fourth-order valence-corrected chi connectivity index (χ4v) is 3.03. The average Bonchev–Trinajstić information content (AvgIpc) is 2.53. The molecule has 3 rings (SSSR count). The van der Waals surface area contributed by atoms with Crippen molar-refractivity contribution in [3.05, 3.63) is 52.5 Å². The monoisotopic (exact) mass is 301 g/mol.